The van der Waals surface area contributed by atoms with Crippen molar-refractivity contribution in [2.75, 3.05) is 7.11 Å². The molecule has 28 heavy (non-hydrogen) atoms. The van der Waals surface area contributed by atoms with Crippen LogP contribution in [0.4, 0.5) is 0 Å². The largest absolute Gasteiger partial charge is 0.481 e. The maximum absolute atomic E-state index is 12.7. The lowest BCUT2D eigenvalue weighted by atomic mass is 10.1. The Bertz CT molecular complexity index is 1140. The number of hydrogen-bond donors (Lipinski definition) is 1. The molecule has 0 fully saturated rings. The number of nitrogens with one attached hydrogen (secondary N) is 1. The van der Waals surface area contributed by atoms with Crippen LogP contribution in [0.15, 0.2) is 61.1 Å². The Morgan fingerprint density at radius 3 is 2.82 bits per heavy atom. The Labute approximate surface area is 162 Å². The van der Waals surface area contributed by atoms with Gasteiger partial charge in [0.05, 0.1) is 23.7 Å². The van der Waals surface area contributed by atoms with Gasteiger partial charge in [-0.15, -0.1) is 0 Å². The van der Waals surface area contributed by atoms with Crippen LogP contribution in [0, 0.1) is 0 Å². The van der Waals surface area contributed by atoms with Gasteiger partial charge in [-0.25, -0.2) is 4.68 Å². The number of ether oxygens (including phenoxy) is 1. The fraction of sp³-hybridized carbons (Fsp3) is 0.143. The van der Waals surface area contributed by atoms with E-state index in [2.05, 4.69) is 20.4 Å². The van der Waals surface area contributed by atoms with E-state index in [9.17, 15) is 4.79 Å². The summed E-state index contributed by atoms with van der Waals surface area (Å²) in [5.41, 5.74) is 3.89. The van der Waals surface area contributed by atoms with E-state index in [0.717, 1.165) is 22.2 Å². The van der Waals surface area contributed by atoms with Crippen molar-refractivity contribution in [1.82, 2.24) is 25.1 Å². The number of methoxy groups -OCH3 is 1. The molecule has 0 saturated heterocycles. The van der Waals surface area contributed by atoms with Crippen LogP contribution in [0.2, 0.25) is 0 Å². The van der Waals surface area contributed by atoms with Gasteiger partial charge in [0.15, 0.2) is 0 Å². The minimum Gasteiger partial charge on any atom is -0.481 e. The fourth-order valence-electron chi connectivity index (χ4n) is 3.18. The van der Waals surface area contributed by atoms with E-state index in [1.165, 1.54) is 0 Å². The molecule has 0 aliphatic carbocycles. The molecule has 1 N–H and O–H groups in total. The summed E-state index contributed by atoms with van der Waals surface area (Å²) in [5.74, 6) is 0.492. The van der Waals surface area contributed by atoms with Gasteiger partial charge < -0.3 is 10.1 Å². The second-order valence-corrected chi connectivity index (χ2v) is 6.30. The molecule has 0 aliphatic rings. The normalized spacial score (nSPS) is 10.8. The summed E-state index contributed by atoms with van der Waals surface area (Å²) in [6.07, 6.45) is 5.21. The molecule has 4 aromatic rings. The summed E-state index contributed by atoms with van der Waals surface area (Å²) in [6, 6.07) is 13.0. The van der Waals surface area contributed by atoms with Crippen LogP contribution in [0.5, 0.6) is 5.88 Å². The number of rotatable bonds is 5. The second kappa shape index (κ2) is 7.48. The molecule has 0 aliphatic heterocycles. The maximum Gasteiger partial charge on any atom is 0.251 e. The number of amides is 1. The number of benzene rings is 1. The first-order chi connectivity index (χ1) is 13.7. The first-order valence-corrected chi connectivity index (χ1v) is 8.80. The minimum atomic E-state index is -0.174. The van der Waals surface area contributed by atoms with Crippen molar-refractivity contribution in [2.45, 2.75) is 6.54 Å². The molecule has 7 heteroatoms. The molecule has 0 atom stereocenters. The summed E-state index contributed by atoms with van der Waals surface area (Å²) in [4.78, 5) is 21.2. The van der Waals surface area contributed by atoms with Gasteiger partial charge in [-0.1, -0.05) is 6.07 Å². The standard InChI is InChI=1S/C21H19N5O2/c1-26-21(28-2)17-8-7-14(11-18(17)25-26)20(27)24-13-16-6-4-10-23-19(16)15-5-3-9-22-12-15/h3-12H,13H2,1-2H3,(H,24,27). The van der Waals surface area contributed by atoms with Gasteiger partial charge in [-0.3, -0.25) is 14.8 Å². The third-order valence-corrected chi connectivity index (χ3v) is 4.50. The Morgan fingerprint density at radius 2 is 2.04 bits per heavy atom. The zero-order valence-corrected chi connectivity index (χ0v) is 15.6. The number of pyridine rings is 2. The molecule has 7 nitrogen and oxygen atoms in total. The topological polar surface area (TPSA) is 81.9 Å². The quantitative estimate of drug-likeness (QED) is 0.582. The van der Waals surface area contributed by atoms with Crippen molar-refractivity contribution in [2.24, 2.45) is 7.05 Å². The summed E-state index contributed by atoms with van der Waals surface area (Å²) < 4.78 is 7.00. The van der Waals surface area contributed by atoms with E-state index >= 15 is 0 Å². The van der Waals surface area contributed by atoms with Gasteiger partial charge >= 0.3 is 0 Å². The molecule has 140 valence electrons. The summed E-state index contributed by atoms with van der Waals surface area (Å²) in [6.45, 7) is 0.362. The van der Waals surface area contributed by atoms with Crippen LogP contribution in [0.25, 0.3) is 22.2 Å². The van der Waals surface area contributed by atoms with Gasteiger partial charge in [0.1, 0.15) is 0 Å². The molecule has 4 rings (SSSR count). The molecule has 0 saturated carbocycles. The van der Waals surface area contributed by atoms with E-state index in [1.54, 1.807) is 49.6 Å². The summed E-state index contributed by atoms with van der Waals surface area (Å²) >= 11 is 0. The fourth-order valence-corrected chi connectivity index (χ4v) is 3.18. The van der Waals surface area contributed by atoms with Crippen LogP contribution >= 0.6 is 0 Å². The third-order valence-electron chi connectivity index (χ3n) is 4.50. The molecule has 1 aromatic carbocycles. The zero-order chi connectivity index (χ0) is 19.5. The number of carbonyl (C=O) groups excluding carboxylic acids is 1. The van der Waals surface area contributed by atoms with Crippen molar-refractivity contribution in [3.8, 4) is 17.1 Å². The number of nitrogens with zero attached hydrogens (tertiary/aromatic N) is 4. The highest BCUT2D eigenvalue weighted by molar-refractivity contribution is 5.98. The van der Waals surface area contributed by atoms with E-state index in [1.807, 2.05) is 30.3 Å². The van der Waals surface area contributed by atoms with Gasteiger partial charge in [0, 0.05) is 43.3 Å². The minimum absolute atomic E-state index is 0.174. The predicted octanol–water partition coefficient (Wildman–Crippen LogP) is 2.97. The highest BCUT2D eigenvalue weighted by atomic mass is 16.5. The van der Waals surface area contributed by atoms with Crippen molar-refractivity contribution >= 4 is 16.8 Å². The van der Waals surface area contributed by atoms with Crippen LogP contribution in [-0.2, 0) is 13.6 Å². The average Bonchev–Trinajstić information content (AvgIpc) is 3.06. The number of carbonyl (C=O) groups is 1. The summed E-state index contributed by atoms with van der Waals surface area (Å²) in [7, 11) is 3.41. The molecule has 0 bridgehead atoms. The van der Waals surface area contributed by atoms with Crippen LogP contribution in [0.1, 0.15) is 15.9 Å². The van der Waals surface area contributed by atoms with Gasteiger partial charge in [0.25, 0.3) is 5.91 Å². The van der Waals surface area contributed by atoms with Crippen LogP contribution in [-0.4, -0.2) is 32.8 Å². The zero-order valence-electron chi connectivity index (χ0n) is 15.6. The lowest BCUT2D eigenvalue weighted by molar-refractivity contribution is 0.0951. The molecule has 1 amide bonds. The van der Waals surface area contributed by atoms with E-state index in [4.69, 9.17) is 4.74 Å². The van der Waals surface area contributed by atoms with Gasteiger partial charge in [-0.2, -0.15) is 5.10 Å². The van der Waals surface area contributed by atoms with E-state index in [0.29, 0.717) is 23.5 Å². The summed E-state index contributed by atoms with van der Waals surface area (Å²) in [5, 5.41) is 8.22. The smallest absolute Gasteiger partial charge is 0.251 e. The molecular weight excluding hydrogens is 354 g/mol. The highest BCUT2D eigenvalue weighted by Crippen LogP contribution is 2.25. The molecule has 0 radical (unpaired) electrons. The number of aromatic nitrogens is 4. The number of aryl methyl sites for hydroxylation is 1. The van der Waals surface area contributed by atoms with E-state index in [-0.39, 0.29) is 5.91 Å². The Morgan fingerprint density at radius 1 is 1.18 bits per heavy atom. The van der Waals surface area contributed by atoms with Crippen LogP contribution in [0.3, 0.4) is 0 Å². The van der Waals surface area contributed by atoms with Crippen molar-refractivity contribution < 1.29 is 9.53 Å². The molecule has 0 unspecified atom stereocenters. The van der Waals surface area contributed by atoms with Crippen molar-refractivity contribution in [3.63, 3.8) is 0 Å². The van der Waals surface area contributed by atoms with Gasteiger partial charge in [-0.05, 0) is 42.0 Å². The van der Waals surface area contributed by atoms with E-state index < -0.39 is 0 Å². The Hall–Kier alpha value is -3.74. The number of hydrogen-bond acceptors (Lipinski definition) is 5. The molecule has 0 spiro atoms. The van der Waals surface area contributed by atoms with Crippen LogP contribution < -0.4 is 10.1 Å². The van der Waals surface area contributed by atoms with Crippen molar-refractivity contribution in [1.29, 1.82) is 0 Å². The average molecular weight is 373 g/mol. The predicted molar refractivity (Wildman–Crippen MR) is 106 cm³/mol. The van der Waals surface area contributed by atoms with Gasteiger partial charge in [0.2, 0.25) is 5.88 Å². The first kappa shape index (κ1) is 17.7. The molecular formula is C21H19N5O2. The second-order valence-electron chi connectivity index (χ2n) is 6.30. The molecule has 3 heterocycles. The van der Waals surface area contributed by atoms with Crippen molar-refractivity contribution in [3.05, 3.63) is 72.2 Å². The third kappa shape index (κ3) is 3.29. The monoisotopic (exact) mass is 373 g/mol. The highest BCUT2D eigenvalue weighted by Gasteiger charge is 2.13. The Kier molecular flexibility index (Phi) is 4.72. The SMILES string of the molecule is COc1c2ccc(C(=O)NCc3cccnc3-c3cccnc3)cc2nn1C. The Balaban J connectivity index is 1.55. The molecule has 3 aromatic heterocycles. The lowest BCUT2D eigenvalue weighted by Gasteiger charge is -2.10. The first-order valence-electron chi connectivity index (χ1n) is 8.80. The lowest BCUT2D eigenvalue weighted by Crippen LogP contribution is -2.23. The maximum atomic E-state index is 12.7. The number of fused-ring (bicyclic) bond motifs is 1.